The summed E-state index contributed by atoms with van der Waals surface area (Å²) in [4.78, 5) is 22.7. The molecule has 1 aliphatic carbocycles. The molecule has 0 radical (unpaired) electrons. The second-order valence-corrected chi connectivity index (χ2v) is 5.08. The fourth-order valence-electron chi connectivity index (χ4n) is 2.16. The monoisotopic (exact) mass is 288 g/mol. The van der Waals surface area contributed by atoms with Crippen molar-refractivity contribution >= 4 is 11.9 Å². The number of nitriles is 1. The van der Waals surface area contributed by atoms with Gasteiger partial charge in [0.1, 0.15) is 11.8 Å². The highest BCUT2D eigenvalue weighted by atomic mass is 16.5. The lowest BCUT2D eigenvalue weighted by atomic mass is 9.80. The average molecular weight is 288 g/mol. The van der Waals surface area contributed by atoms with Gasteiger partial charge in [0.2, 0.25) is 0 Å². The van der Waals surface area contributed by atoms with Gasteiger partial charge >= 0.3 is 5.97 Å². The lowest BCUT2D eigenvalue weighted by Gasteiger charge is -2.33. The van der Waals surface area contributed by atoms with Crippen LogP contribution in [0.3, 0.4) is 0 Å². The van der Waals surface area contributed by atoms with E-state index >= 15 is 0 Å². The summed E-state index contributed by atoms with van der Waals surface area (Å²) in [5.74, 6) is -1.14. The smallest absolute Gasteiger partial charge is 0.306 e. The Labute approximate surface area is 122 Å². The Morgan fingerprint density at radius 3 is 2.71 bits per heavy atom. The van der Waals surface area contributed by atoms with Gasteiger partial charge in [-0.15, -0.1) is 0 Å². The van der Waals surface area contributed by atoms with E-state index < -0.39 is 12.1 Å². The molecule has 0 saturated heterocycles. The average Bonchev–Trinajstić information content (AvgIpc) is 2.42. The third kappa shape index (κ3) is 3.51. The lowest BCUT2D eigenvalue weighted by molar-refractivity contribution is -0.146. The molecule has 0 bridgehead atoms. The fraction of sp³-hybridized carbons (Fsp3) is 0.400. The van der Waals surface area contributed by atoms with Crippen LogP contribution in [-0.4, -0.2) is 29.1 Å². The molecule has 2 N–H and O–H groups in total. The number of aliphatic carboxylic acids is 1. The van der Waals surface area contributed by atoms with Gasteiger partial charge in [-0.3, -0.25) is 9.59 Å². The first-order valence-corrected chi connectivity index (χ1v) is 6.70. The molecule has 1 fully saturated rings. The standard InChI is InChI=1S/C15H16N2O4/c1-9(21-13-5-3-2-4-10(13)8-16)14(18)17-12-6-11(7-12)15(19)20/h2-5,9,11-12H,6-7H2,1H3,(H,17,18)(H,19,20). The van der Waals surface area contributed by atoms with Crippen LogP contribution in [0, 0.1) is 17.2 Å². The van der Waals surface area contributed by atoms with Crippen molar-refractivity contribution in [2.75, 3.05) is 0 Å². The molecular formula is C15H16N2O4. The van der Waals surface area contributed by atoms with Gasteiger partial charge < -0.3 is 15.2 Å². The van der Waals surface area contributed by atoms with Crippen LogP contribution >= 0.6 is 0 Å². The number of para-hydroxylation sites is 1. The first-order valence-electron chi connectivity index (χ1n) is 6.70. The van der Waals surface area contributed by atoms with Gasteiger partial charge in [0.25, 0.3) is 5.91 Å². The van der Waals surface area contributed by atoms with Gasteiger partial charge in [-0.2, -0.15) is 5.26 Å². The summed E-state index contributed by atoms with van der Waals surface area (Å²) in [6.07, 6.45) is 0.147. The second kappa shape index (κ2) is 6.27. The minimum absolute atomic E-state index is 0.115. The topological polar surface area (TPSA) is 99.4 Å². The summed E-state index contributed by atoms with van der Waals surface area (Å²) < 4.78 is 5.49. The second-order valence-electron chi connectivity index (χ2n) is 5.08. The third-order valence-electron chi connectivity index (χ3n) is 3.51. The number of carboxylic acid groups (broad SMARTS) is 1. The summed E-state index contributed by atoms with van der Waals surface area (Å²) in [6, 6.07) is 8.58. The minimum atomic E-state index is -0.826. The van der Waals surface area contributed by atoms with Gasteiger partial charge in [-0.25, -0.2) is 0 Å². The maximum absolute atomic E-state index is 12.0. The summed E-state index contributed by atoms with van der Waals surface area (Å²) >= 11 is 0. The van der Waals surface area contributed by atoms with Crippen molar-refractivity contribution in [3.8, 4) is 11.8 Å². The van der Waals surface area contributed by atoms with E-state index in [4.69, 9.17) is 15.1 Å². The Bertz CT molecular complexity index is 588. The maximum Gasteiger partial charge on any atom is 0.306 e. The van der Waals surface area contributed by atoms with Crippen molar-refractivity contribution in [1.29, 1.82) is 5.26 Å². The molecule has 6 nitrogen and oxygen atoms in total. The molecule has 1 saturated carbocycles. The van der Waals surface area contributed by atoms with E-state index in [9.17, 15) is 9.59 Å². The number of carbonyl (C=O) groups is 2. The number of ether oxygens (including phenoxy) is 1. The van der Waals surface area contributed by atoms with Crippen molar-refractivity contribution in [3.63, 3.8) is 0 Å². The number of amides is 1. The van der Waals surface area contributed by atoms with Crippen LogP contribution in [0.2, 0.25) is 0 Å². The molecule has 1 unspecified atom stereocenters. The van der Waals surface area contributed by atoms with Gasteiger partial charge in [-0.05, 0) is 31.9 Å². The summed E-state index contributed by atoms with van der Waals surface area (Å²) in [7, 11) is 0. The zero-order valence-electron chi connectivity index (χ0n) is 11.6. The molecular weight excluding hydrogens is 272 g/mol. The van der Waals surface area contributed by atoms with Crippen molar-refractivity contribution in [2.45, 2.75) is 31.9 Å². The van der Waals surface area contributed by atoms with Crippen LogP contribution in [0.15, 0.2) is 24.3 Å². The Balaban J connectivity index is 1.86. The van der Waals surface area contributed by atoms with E-state index in [1.165, 1.54) is 0 Å². The van der Waals surface area contributed by atoms with E-state index in [2.05, 4.69) is 5.32 Å². The van der Waals surface area contributed by atoms with E-state index in [1.807, 2.05) is 6.07 Å². The van der Waals surface area contributed by atoms with Crippen molar-refractivity contribution < 1.29 is 19.4 Å². The molecule has 2 rings (SSSR count). The van der Waals surface area contributed by atoms with Crippen LogP contribution in [0.1, 0.15) is 25.3 Å². The van der Waals surface area contributed by atoms with E-state index in [1.54, 1.807) is 31.2 Å². The van der Waals surface area contributed by atoms with Gasteiger partial charge in [0.05, 0.1) is 11.5 Å². The normalized spacial score (nSPS) is 21.5. The number of carboxylic acids is 1. The maximum atomic E-state index is 12.0. The van der Waals surface area contributed by atoms with E-state index in [-0.39, 0.29) is 17.9 Å². The number of benzene rings is 1. The van der Waals surface area contributed by atoms with Gasteiger partial charge in [-0.1, -0.05) is 12.1 Å². The molecule has 0 aromatic heterocycles. The Morgan fingerprint density at radius 1 is 1.43 bits per heavy atom. The number of carbonyl (C=O) groups excluding carboxylic acids is 1. The molecule has 0 aliphatic heterocycles. The van der Waals surface area contributed by atoms with Crippen molar-refractivity contribution in [3.05, 3.63) is 29.8 Å². The van der Waals surface area contributed by atoms with E-state index in [0.29, 0.717) is 24.2 Å². The number of nitrogens with one attached hydrogen (secondary N) is 1. The van der Waals surface area contributed by atoms with Crippen LogP contribution in [0.5, 0.6) is 5.75 Å². The number of rotatable bonds is 5. The molecule has 1 aromatic carbocycles. The highest BCUT2D eigenvalue weighted by Crippen LogP contribution is 2.27. The number of hydrogen-bond acceptors (Lipinski definition) is 4. The SMILES string of the molecule is CC(Oc1ccccc1C#N)C(=O)NC1CC(C(=O)O)C1. The predicted octanol–water partition coefficient (Wildman–Crippen LogP) is 1.30. The summed E-state index contributed by atoms with van der Waals surface area (Å²) in [5, 5.41) is 20.5. The van der Waals surface area contributed by atoms with Gasteiger partial charge in [0, 0.05) is 6.04 Å². The lowest BCUT2D eigenvalue weighted by Crippen LogP contribution is -2.50. The highest BCUT2D eigenvalue weighted by molar-refractivity contribution is 5.81. The Hall–Kier alpha value is -2.55. The largest absolute Gasteiger partial charge is 0.481 e. The molecule has 1 amide bonds. The van der Waals surface area contributed by atoms with Crippen LogP contribution in [0.25, 0.3) is 0 Å². The zero-order valence-corrected chi connectivity index (χ0v) is 11.6. The van der Waals surface area contributed by atoms with Crippen LogP contribution < -0.4 is 10.1 Å². The predicted molar refractivity (Wildman–Crippen MR) is 73.5 cm³/mol. The van der Waals surface area contributed by atoms with Crippen molar-refractivity contribution in [2.24, 2.45) is 5.92 Å². The molecule has 1 atom stereocenters. The first-order chi connectivity index (χ1) is 10.0. The molecule has 1 aliphatic rings. The minimum Gasteiger partial charge on any atom is -0.481 e. The van der Waals surface area contributed by atoms with Gasteiger partial charge in [0.15, 0.2) is 6.10 Å². The number of hydrogen-bond donors (Lipinski definition) is 2. The third-order valence-corrected chi connectivity index (χ3v) is 3.51. The quantitative estimate of drug-likeness (QED) is 0.850. The zero-order chi connectivity index (χ0) is 15.4. The summed E-state index contributed by atoms with van der Waals surface area (Å²) in [6.45, 7) is 1.59. The Kier molecular flexibility index (Phi) is 4.43. The van der Waals surface area contributed by atoms with E-state index in [0.717, 1.165) is 0 Å². The molecule has 1 aromatic rings. The molecule has 6 heteroatoms. The number of nitrogens with zero attached hydrogens (tertiary/aromatic N) is 1. The van der Waals surface area contributed by atoms with Crippen molar-refractivity contribution in [1.82, 2.24) is 5.32 Å². The highest BCUT2D eigenvalue weighted by Gasteiger charge is 2.36. The first kappa shape index (κ1) is 14.9. The molecule has 0 heterocycles. The molecule has 0 spiro atoms. The summed E-state index contributed by atoms with van der Waals surface area (Å²) in [5.41, 5.74) is 0.367. The van der Waals surface area contributed by atoms with Crippen LogP contribution in [0.4, 0.5) is 0 Å². The fourth-order valence-corrected chi connectivity index (χ4v) is 2.16. The Morgan fingerprint density at radius 2 is 2.10 bits per heavy atom. The van der Waals surface area contributed by atoms with Crippen LogP contribution in [-0.2, 0) is 9.59 Å². The molecule has 21 heavy (non-hydrogen) atoms. The molecule has 110 valence electrons.